The Balaban J connectivity index is 1.64. The maximum Gasteiger partial charge on any atom is 0.261 e. The van der Waals surface area contributed by atoms with Gasteiger partial charge in [0.2, 0.25) is 0 Å². The van der Waals surface area contributed by atoms with Gasteiger partial charge >= 0.3 is 0 Å². The number of methoxy groups -OCH3 is 1. The number of amides is 2. The van der Waals surface area contributed by atoms with Gasteiger partial charge in [0.25, 0.3) is 11.8 Å². The molecule has 0 spiro atoms. The fraction of sp³-hybridized carbons (Fsp3) is 0.222. The number of anilines is 2. The lowest BCUT2D eigenvalue weighted by atomic mass is 9.87. The Bertz CT molecular complexity index is 1210. The standard InChI is InChI=1S/C27H29N3O3S/c1-17-8-6-11-22(23(17)33-5)25(32)30-26(34)29-21-10-7-9-20(16-21)28-24(31)18-12-14-19(15-13-18)27(2,3)4/h6-16H,1-5H3,(H,28,31)(H2,29,30,32,34). The van der Waals surface area contributed by atoms with E-state index in [-0.39, 0.29) is 22.3 Å². The number of para-hydroxylation sites is 1. The predicted octanol–water partition coefficient (Wildman–Crippen LogP) is 5.68. The molecule has 3 aromatic rings. The fourth-order valence-electron chi connectivity index (χ4n) is 3.43. The van der Waals surface area contributed by atoms with Crippen molar-refractivity contribution >= 4 is 40.5 Å². The largest absolute Gasteiger partial charge is 0.496 e. The van der Waals surface area contributed by atoms with Crippen molar-refractivity contribution in [2.45, 2.75) is 33.1 Å². The van der Waals surface area contributed by atoms with Gasteiger partial charge in [-0.05, 0) is 72.1 Å². The van der Waals surface area contributed by atoms with Crippen molar-refractivity contribution in [3.63, 3.8) is 0 Å². The topological polar surface area (TPSA) is 79.5 Å². The third kappa shape index (κ3) is 6.20. The van der Waals surface area contributed by atoms with Crippen LogP contribution in [-0.2, 0) is 5.41 Å². The molecule has 34 heavy (non-hydrogen) atoms. The highest BCUT2D eigenvalue weighted by molar-refractivity contribution is 7.80. The summed E-state index contributed by atoms with van der Waals surface area (Å²) >= 11 is 5.30. The third-order valence-corrected chi connectivity index (χ3v) is 5.48. The number of nitrogens with one attached hydrogen (secondary N) is 3. The second-order valence-corrected chi connectivity index (χ2v) is 9.33. The monoisotopic (exact) mass is 475 g/mol. The zero-order valence-electron chi connectivity index (χ0n) is 20.0. The number of aryl methyl sites for hydroxylation is 1. The minimum atomic E-state index is -0.374. The second kappa shape index (κ2) is 10.5. The molecule has 7 heteroatoms. The predicted molar refractivity (Wildman–Crippen MR) is 141 cm³/mol. The minimum absolute atomic E-state index is 0.0211. The Kier molecular flexibility index (Phi) is 7.68. The van der Waals surface area contributed by atoms with Crippen LogP contribution in [0, 0.1) is 6.92 Å². The van der Waals surface area contributed by atoms with Crippen molar-refractivity contribution in [1.82, 2.24) is 5.32 Å². The molecule has 0 bridgehead atoms. The second-order valence-electron chi connectivity index (χ2n) is 8.93. The first-order chi connectivity index (χ1) is 16.1. The minimum Gasteiger partial charge on any atom is -0.496 e. The van der Waals surface area contributed by atoms with Crippen molar-refractivity contribution in [2.24, 2.45) is 0 Å². The Hall–Kier alpha value is -3.71. The number of ether oxygens (including phenoxy) is 1. The van der Waals surface area contributed by atoms with Crippen LogP contribution in [0.3, 0.4) is 0 Å². The molecule has 0 aliphatic heterocycles. The van der Waals surface area contributed by atoms with Gasteiger partial charge < -0.3 is 15.4 Å². The van der Waals surface area contributed by atoms with Gasteiger partial charge in [-0.2, -0.15) is 0 Å². The average molecular weight is 476 g/mol. The molecular formula is C27H29N3O3S. The van der Waals surface area contributed by atoms with Gasteiger partial charge in [0.05, 0.1) is 12.7 Å². The van der Waals surface area contributed by atoms with Gasteiger partial charge in [-0.25, -0.2) is 0 Å². The molecule has 6 nitrogen and oxygen atoms in total. The molecule has 2 amide bonds. The Morgan fingerprint density at radius 3 is 2.09 bits per heavy atom. The van der Waals surface area contributed by atoms with Crippen LogP contribution < -0.4 is 20.7 Å². The zero-order chi connectivity index (χ0) is 24.9. The van der Waals surface area contributed by atoms with Gasteiger partial charge in [0.1, 0.15) is 5.75 Å². The number of carbonyl (C=O) groups excluding carboxylic acids is 2. The van der Waals surface area contributed by atoms with E-state index >= 15 is 0 Å². The maximum atomic E-state index is 12.7. The molecule has 176 valence electrons. The lowest BCUT2D eigenvalue weighted by Crippen LogP contribution is -2.34. The number of rotatable bonds is 5. The summed E-state index contributed by atoms with van der Waals surface area (Å²) in [6, 6.07) is 20.0. The highest BCUT2D eigenvalue weighted by Crippen LogP contribution is 2.24. The lowest BCUT2D eigenvalue weighted by molar-refractivity contribution is 0.0973. The van der Waals surface area contributed by atoms with Gasteiger partial charge in [0, 0.05) is 16.9 Å². The van der Waals surface area contributed by atoms with Gasteiger partial charge in [0.15, 0.2) is 5.11 Å². The van der Waals surface area contributed by atoms with E-state index < -0.39 is 0 Å². The number of hydrogen-bond donors (Lipinski definition) is 3. The molecule has 0 saturated heterocycles. The van der Waals surface area contributed by atoms with Crippen LogP contribution in [0.5, 0.6) is 5.75 Å². The van der Waals surface area contributed by atoms with E-state index in [1.54, 1.807) is 36.4 Å². The van der Waals surface area contributed by atoms with E-state index in [9.17, 15) is 9.59 Å². The van der Waals surface area contributed by atoms with Crippen molar-refractivity contribution in [1.29, 1.82) is 0 Å². The van der Waals surface area contributed by atoms with Crippen LogP contribution in [-0.4, -0.2) is 24.0 Å². The van der Waals surface area contributed by atoms with Gasteiger partial charge in [-0.3, -0.25) is 14.9 Å². The van der Waals surface area contributed by atoms with Crippen molar-refractivity contribution < 1.29 is 14.3 Å². The normalized spacial score (nSPS) is 10.9. The summed E-state index contributed by atoms with van der Waals surface area (Å²) in [6.07, 6.45) is 0. The molecule has 0 radical (unpaired) electrons. The van der Waals surface area contributed by atoms with Crippen LogP contribution >= 0.6 is 12.2 Å². The van der Waals surface area contributed by atoms with Crippen molar-refractivity contribution in [3.05, 3.63) is 89.0 Å². The molecule has 0 aliphatic carbocycles. The van der Waals surface area contributed by atoms with E-state index in [0.29, 0.717) is 28.3 Å². The maximum absolute atomic E-state index is 12.7. The molecule has 0 aromatic heterocycles. The van der Waals surface area contributed by atoms with Crippen LogP contribution in [0.1, 0.15) is 52.6 Å². The summed E-state index contributed by atoms with van der Waals surface area (Å²) in [7, 11) is 1.52. The quantitative estimate of drug-likeness (QED) is 0.414. The number of hydrogen-bond acceptors (Lipinski definition) is 4. The first-order valence-corrected chi connectivity index (χ1v) is 11.3. The number of carbonyl (C=O) groups is 2. The van der Waals surface area contributed by atoms with E-state index in [1.165, 1.54) is 7.11 Å². The van der Waals surface area contributed by atoms with Crippen molar-refractivity contribution in [2.75, 3.05) is 17.7 Å². The molecule has 0 atom stereocenters. The SMILES string of the molecule is COc1c(C)cccc1C(=O)NC(=S)Nc1cccc(NC(=O)c2ccc(C(C)(C)C)cc2)c1. The van der Waals surface area contributed by atoms with E-state index in [0.717, 1.165) is 11.1 Å². The molecule has 0 aliphatic rings. The molecular weight excluding hydrogens is 446 g/mol. The molecule has 0 saturated carbocycles. The lowest BCUT2D eigenvalue weighted by Gasteiger charge is -2.19. The molecule has 0 fully saturated rings. The number of benzene rings is 3. The highest BCUT2D eigenvalue weighted by atomic mass is 32.1. The molecule has 3 N–H and O–H groups in total. The van der Waals surface area contributed by atoms with E-state index in [4.69, 9.17) is 17.0 Å². The third-order valence-electron chi connectivity index (χ3n) is 5.28. The summed E-state index contributed by atoms with van der Waals surface area (Å²) < 4.78 is 5.34. The number of thiocarbonyl (C=S) groups is 1. The van der Waals surface area contributed by atoms with Crippen LogP contribution in [0.15, 0.2) is 66.7 Å². The van der Waals surface area contributed by atoms with E-state index in [1.807, 2.05) is 37.3 Å². The van der Waals surface area contributed by atoms with Gasteiger partial charge in [-0.1, -0.05) is 51.1 Å². The Morgan fingerprint density at radius 2 is 1.47 bits per heavy atom. The average Bonchev–Trinajstić information content (AvgIpc) is 2.78. The first-order valence-electron chi connectivity index (χ1n) is 10.9. The Morgan fingerprint density at radius 1 is 0.853 bits per heavy atom. The highest BCUT2D eigenvalue weighted by Gasteiger charge is 2.16. The smallest absolute Gasteiger partial charge is 0.261 e. The molecule has 3 aromatic carbocycles. The zero-order valence-corrected chi connectivity index (χ0v) is 20.8. The summed E-state index contributed by atoms with van der Waals surface area (Å²) in [5, 5.41) is 8.67. The van der Waals surface area contributed by atoms with Gasteiger partial charge in [-0.15, -0.1) is 0 Å². The fourth-order valence-corrected chi connectivity index (χ4v) is 3.65. The molecule has 0 heterocycles. The Labute approximate surface area is 205 Å². The van der Waals surface area contributed by atoms with Crippen LogP contribution in [0.2, 0.25) is 0 Å². The first kappa shape index (κ1) is 24.9. The molecule has 3 rings (SSSR count). The summed E-state index contributed by atoms with van der Waals surface area (Å²) in [6.45, 7) is 8.26. The summed E-state index contributed by atoms with van der Waals surface area (Å²) in [4.78, 5) is 25.3. The summed E-state index contributed by atoms with van der Waals surface area (Å²) in [5.74, 6) is -0.0794. The van der Waals surface area contributed by atoms with Crippen molar-refractivity contribution in [3.8, 4) is 5.75 Å². The van der Waals surface area contributed by atoms with E-state index in [2.05, 4.69) is 36.7 Å². The summed E-state index contributed by atoms with van der Waals surface area (Å²) in [5.41, 5.74) is 4.23. The van der Waals surface area contributed by atoms with Crippen LogP contribution in [0.25, 0.3) is 0 Å². The van der Waals surface area contributed by atoms with Crippen LogP contribution in [0.4, 0.5) is 11.4 Å². The molecule has 0 unspecified atom stereocenters.